The highest BCUT2D eigenvalue weighted by atomic mass is 32.2. The molecule has 1 N–H and O–H groups in total. The van der Waals surface area contributed by atoms with Crippen LogP contribution in [-0.4, -0.2) is 36.2 Å². The van der Waals surface area contributed by atoms with Gasteiger partial charge in [0.2, 0.25) is 0 Å². The molecule has 2 aliphatic rings. The van der Waals surface area contributed by atoms with Crippen molar-refractivity contribution in [1.82, 2.24) is 5.32 Å². The second kappa shape index (κ2) is 5.21. The maximum Gasteiger partial charge on any atom is 0.157 e. The van der Waals surface area contributed by atoms with Gasteiger partial charge in [0.1, 0.15) is 0 Å². The van der Waals surface area contributed by atoms with Gasteiger partial charge < -0.3 is 10.1 Å². The van der Waals surface area contributed by atoms with Crippen LogP contribution >= 0.6 is 11.8 Å². The van der Waals surface area contributed by atoms with Crippen molar-refractivity contribution in [2.45, 2.75) is 38.8 Å². The van der Waals surface area contributed by atoms with Crippen LogP contribution in [0.4, 0.5) is 0 Å². The molecule has 0 bridgehead atoms. The summed E-state index contributed by atoms with van der Waals surface area (Å²) in [5, 5.41) is 4.62. The van der Waals surface area contributed by atoms with Crippen molar-refractivity contribution in [3.8, 4) is 0 Å². The first-order valence-corrected chi connectivity index (χ1v) is 6.79. The lowest BCUT2D eigenvalue weighted by atomic mass is 10.1. The molecule has 15 heavy (non-hydrogen) atoms. The number of ether oxygens (including phenoxy) is 1. The Hall–Kier alpha value is -0.220. The van der Waals surface area contributed by atoms with Crippen LogP contribution in [0.5, 0.6) is 0 Å². The summed E-state index contributed by atoms with van der Waals surface area (Å²) in [6.45, 7) is 6.24. The fraction of sp³-hybridized carbons (Fsp3) is 0.909. The fourth-order valence-corrected chi connectivity index (χ4v) is 3.09. The molecule has 0 aliphatic carbocycles. The lowest BCUT2D eigenvalue weighted by molar-refractivity contribution is 0.0767. The molecule has 4 heteroatoms. The molecule has 3 nitrogen and oxygen atoms in total. The Kier molecular flexibility index (Phi) is 3.92. The number of hydrogen-bond donors (Lipinski definition) is 1. The summed E-state index contributed by atoms with van der Waals surface area (Å²) in [5.41, 5.74) is 0. The summed E-state index contributed by atoms with van der Waals surface area (Å²) in [4.78, 5) is 4.69. The second-order valence-electron chi connectivity index (χ2n) is 4.62. The zero-order valence-electron chi connectivity index (χ0n) is 9.53. The van der Waals surface area contributed by atoms with E-state index in [1.165, 1.54) is 12.8 Å². The summed E-state index contributed by atoms with van der Waals surface area (Å²) in [6.07, 6.45) is 2.38. The second-order valence-corrected chi connectivity index (χ2v) is 5.62. The highest BCUT2D eigenvalue weighted by Gasteiger charge is 2.23. The van der Waals surface area contributed by atoms with Gasteiger partial charge >= 0.3 is 0 Å². The molecule has 2 rings (SSSR count). The van der Waals surface area contributed by atoms with Gasteiger partial charge in [-0.25, -0.2) is 0 Å². The number of thioether (sulfide) groups is 1. The molecule has 0 amide bonds. The van der Waals surface area contributed by atoms with Gasteiger partial charge in [-0.3, -0.25) is 4.99 Å². The van der Waals surface area contributed by atoms with E-state index in [-0.39, 0.29) is 0 Å². The van der Waals surface area contributed by atoms with Crippen molar-refractivity contribution in [2.24, 2.45) is 10.9 Å². The minimum absolute atomic E-state index is 0.482. The Balaban J connectivity index is 1.81. The van der Waals surface area contributed by atoms with Gasteiger partial charge in [-0.2, -0.15) is 0 Å². The Bertz CT molecular complexity index is 237. The van der Waals surface area contributed by atoms with Crippen LogP contribution in [0.1, 0.15) is 26.7 Å². The molecular weight excluding hydrogens is 208 g/mol. The molecule has 0 aromatic heterocycles. The van der Waals surface area contributed by atoms with Gasteiger partial charge in [0.15, 0.2) is 5.17 Å². The topological polar surface area (TPSA) is 33.6 Å². The van der Waals surface area contributed by atoms with E-state index in [1.54, 1.807) is 0 Å². The third-order valence-electron chi connectivity index (χ3n) is 2.93. The summed E-state index contributed by atoms with van der Waals surface area (Å²) in [5.74, 6) is 1.78. The number of amidine groups is 1. The van der Waals surface area contributed by atoms with Crippen LogP contribution in [0.3, 0.4) is 0 Å². The smallest absolute Gasteiger partial charge is 0.157 e. The molecular formula is C11H20N2OS. The van der Waals surface area contributed by atoms with Gasteiger partial charge in [-0.05, 0) is 18.8 Å². The third kappa shape index (κ3) is 3.11. The van der Waals surface area contributed by atoms with Crippen molar-refractivity contribution in [1.29, 1.82) is 0 Å². The zero-order chi connectivity index (χ0) is 10.7. The Morgan fingerprint density at radius 3 is 3.00 bits per heavy atom. The standard InChI is InChI=1S/C11H20N2OS/c1-8(2)10-7-15-11(13-10)12-9-4-3-5-14-6-9/h8-10H,3-7H2,1-2H3,(H,12,13). The van der Waals surface area contributed by atoms with Gasteiger partial charge in [-0.1, -0.05) is 25.6 Å². The average Bonchev–Trinajstić information content (AvgIpc) is 2.68. The first-order valence-electron chi connectivity index (χ1n) is 5.80. The predicted molar refractivity (Wildman–Crippen MR) is 65.5 cm³/mol. The first kappa shape index (κ1) is 11.3. The minimum Gasteiger partial charge on any atom is -0.379 e. The molecule has 0 spiro atoms. The molecule has 0 saturated carbocycles. The van der Waals surface area contributed by atoms with Crippen LogP contribution in [0.2, 0.25) is 0 Å². The highest BCUT2D eigenvalue weighted by Crippen LogP contribution is 2.22. The van der Waals surface area contributed by atoms with E-state index >= 15 is 0 Å². The maximum atomic E-state index is 5.44. The van der Waals surface area contributed by atoms with Crippen LogP contribution < -0.4 is 5.32 Å². The SMILES string of the molecule is CC(C)C1CSC(NC2CCCOC2)=N1. The normalized spacial score (nSPS) is 31.8. The monoisotopic (exact) mass is 228 g/mol. The van der Waals surface area contributed by atoms with Crippen molar-refractivity contribution in [3.05, 3.63) is 0 Å². The van der Waals surface area contributed by atoms with Gasteiger partial charge in [0.25, 0.3) is 0 Å². The lowest BCUT2D eigenvalue weighted by Gasteiger charge is -2.23. The van der Waals surface area contributed by atoms with Crippen molar-refractivity contribution >= 4 is 16.9 Å². The molecule has 2 heterocycles. The molecule has 86 valence electrons. The molecule has 0 aromatic carbocycles. The van der Waals surface area contributed by atoms with Crippen LogP contribution in [0.25, 0.3) is 0 Å². The summed E-state index contributed by atoms with van der Waals surface area (Å²) in [6, 6.07) is 0.984. The summed E-state index contributed by atoms with van der Waals surface area (Å²) < 4.78 is 5.44. The molecule has 2 unspecified atom stereocenters. The van der Waals surface area contributed by atoms with Crippen molar-refractivity contribution < 1.29 is 4.74 Å². The molecule has 1 fully saturated rings. The quantitative estimate of drug-likeness (QED) is 0.783. The van der Waals surface area contributed by atoms with Crippen molar-refractivity contribution in [3.63, 3.8) is 0 Å². The molecule has 2 aliphatic heterocycles. The van der Waals surface area contributed by atoms with Gasteiger partial charge in [0.05, 0.1) is 18.7 Å². The maximum absolute atomic E-state index is 5.44. The molecule has 0 aromatic rings. The molecule has 0 radical (unpaired) electrons. The number of nitrogens with zero attached hydrogens (tertiary/aromatic N) is 1. The summed E-state index contributed by atoms with van der Waals surface area (Å²) >= 11 is 1.86. The number of hydrogen-bond acceptors (Lipinski definition) is 4. The van der Waals surface area contributed by atoms with E-state index in [9.17, 15) is 0 Å². The van der Waals surface area contributed by atoms with Crippen molar-refractivity contribution in [2.75, 3.05) is 19.0 Å². The Morgan fingerprint density at radius 2 is 2.40 bits per heavy atom. The lowest BCUT2D eigenvalue weighted by Crippen LogP contribution is -2.39. The predicted octanol–water partition coefficient (Wildman–Crippen LogP) is 1.88. The van der Waals surface area contributed by atoms with E-state index in [1.807, 2.05) is 11.8 Å². The van der Waals surface area contributed by atoms with Crippen LogP contribution in [-0.2, 0) is 4.74 Å². The first-order chi connectivity index (χ1) is 7.25. The average molecular weight is 228 g/mol. The van der Waals surface area contributed by atoms with Crippen LogP contribution in [0, 0.1) is 5.92 Å². The number of rotatable bonds is 2. The highest BCUT2D eigenvalue weighted by molar-refractivity contribution is 8.14. The fourth-order valence-electron chi connectivity index (χ4n) is 1.84. The van der Waals surface area contributed by atoms with E-state index in [0.29, 0.717) is 18.0 Å². The van der Waals surface area contributed by atoms with E-state index in [2.05, 4.69) is 19.2 Å². The van der Waals surface area contributed by atoms with E-state index in [0.717, 1.165) is 24.1 Å². The third-order valence-corrected chi connectivity index (χ3v) is 3.94. The van der Waals surface area contributed by atoms with Gasteiger partial charge in [0, 0.05) is 12.4 Å². The number of nitrogens with one attached hydrogen (secondary N) is 1. The minimum atomic E-state index is 0.482. The zero-order valence-corrected chi connectivity index (χ0v) is 10.3. The largest absolute Gasteiger partial charge is 0.379 e. The summed E-state index contributed by atoms with van der Waals surface area (Å²) in [7, 11) is 0. The van der Waals surface area contributed by atoms with E-state index < -0.39 is 0 Å². The van der Waals surface area contributed by atoms with E-state index in [4.69, 9.17) is 9.73 Å². The Morgan fingerprint density at radius 1 is 1.53 bits per heavy atom. The van der Waals surface area contributed by atoms with Gasteiger partial charge in [-0.15, -0.1) is 0 Å². The molecule has 2 atom stereocenters. The van der Waals surface area contributed by atoms with Crippen LogP contribution in [0.15, 0.2) is 4.99 Å². The molecule has 1 saturated heterocycles. The Labute approximate surface area is 96.1 Å². The number of aliphatic imine (C=N–C) groups is 1.